The zero-order valence-electron chi connectivity index (χ0n) is 26.6. The Bertz CT molecular complexity index is 1660. The van der Waals surface area contributed by atoms with Gasteiger partial charge in [-0.3, -0.25) is 28.8 Å². The number of hydrogen-bond donors (Lipinski definition) is 0. The van der Waals surface area contributed by atoms with E-state index < -0.39 is 42.6 Å². The maximum absolute atomic E-state index is 13.0. The molecule has 3 fully saturated rings. The lowest BCUT2D eigenvalue weighted by Gasteiger charge is -2.16. The Balaban J connectivity index is 1.17. The van der Waals surface area contributed by atoms with Crippen LogP contribution < -0.4 is 14.2 Å². The number of para-hydroxylation sites is 3. The molecule has 0 radical (unpaired) electrons. The fourth-order valence-corrected chi connectivity index (χ4v) is 5.26. The van der Waals surface area contributed by atoms with Gasteiger partial charge < -0.3 is 28.4 Å². The lowest BCUT2D eigenvalue weighted by molar-refractivity contribution is -0.140. The summed E-state index contributed by atoms with van der Waals surface area (Å²) in [5, 5.41) is 0. The lowest BCUT2D eigenvalue weighted by Crippen LogP contribution is -2.19. The fourth-order valence-electron chi connectivity index (χ4n) is 5.26. The van der Waals surface area contributed by atoms with Crippen LogP contribution in [0.2, 0.25) is 0 Å². The lowest BCUT2D eigenvalue weighted by atomic mass is 9.97. The molecular weight excluding hydrogens is 636 g/mol. The van der Waals surface area contributed by atoms with Crippen LogP contribution in [0, 0.1) is 0 Å². The van der Waals surface area contributed by atoms with Crippen LogP contribution in [0.4, 0.5) is 0 Å². The first kappa shape index (κ1) is 33.8. The monoisotopic (exact) mass is 670 g/mol. The van der Waals surface area contributed by atoms with Gasteiger partial charge in [-0.1, -0.05) is 54.6 Å². The van der Waals surface area contributed by atoms with Crippen LogP contribution >= 0.6 is 0 Å². The van der Waals surface area contributed by atoms with E-state index in [-0.39, 0.29) is 36.8 Å². The van der Waals surface area contributed by atoms with Crippen molar-refractivity contribution < 1.29 is 57.2 Å². The van der Waals surface area contributed by atoms with Gasteiger partial charge in [0.2, 0.25) is 0 Å². The number of carbonyl (C=O) groups is 6. The van der Waals surface area contributed by atoms with E-state index in [0.29, 0.717) is 78.4 Å². The maximum atomic E-state index is 13.0. The number of aryl methyl sites for hydroxylation is 4. The highest BCUT2D eigenvalue weighted by atomic mass is 16.6. The first-order valence-corrected chi connectivity index (χ1v) is 16.0. The van der Waals surface area contributed by atoms with Gasteiger partial charge in [0.15, 0.2) is 17.3 Å². The zero-order chi connectivity index (χ0) is 34.3. The average molecular weight is 671 g/mol. The Morgan fingerprint density at radius 2 is 0.796 bits per heavy atom. The van der Waals surface area contributed by atoms with Crippen molar-refractivity contribution in [3.8, 4) is 17.2 Å². The summed E-state index contributed by atoms with van der Waals surface area (Å²) in [5.74, 6) is -2.12. The van der Waals surface area contributed by atoms with Gasteiger partial charge >= 0.3 is 17.9 Å². The molecule has 0 saturated carbocycles. The van der Waals surface area contributed by atoms with E-state index >= 15 is 0 Å². The van der Waals surface area contributed by atoms with E-state index in [1.54, 1.807) is 36.4 Å². The first-order valence-electron chi connectivity index (χ1n) is 16.0. The molecule has 0 aliphatic carbocycles. The normalized spacial score (nSPS) is 18.6. The molecule has 12 heteroatoms. The van der Waals surface area contributed by atoms with Crippen LogP contribution in [0.1, 0.15) is 41.5 Å². The summed E-state index contributed by atoms with van der Waals surface area (Å²) in [6.07, 6.45) is -1.31. The second-order valence-electron chi connectivity index (χ2n) is 11.9. The number of Topliss-reactive ketones (excluding diaryl/α,β-unsaturated/α-hetero) is 3. The molecular formula is C37H34O12. The third-order valence-corrected chi connectivity index (χ3v) is 8.15. The standard InChI is InChI=1S/C37H34O12/c38-26(31-19-44-31)16-34(41)47-29-10-3-1-6-22(29)12-14-24-8-5-9-25(37(24)49-36(43)18-28(40)33-21-46-33)15-13-23-7-2-4-11-30(23)48-35(42)17-27(39)32-20-45-32/h1-11,31-33H,12-21H2. The van der Waals surface area contributed by atoms with Crippen molar-refractivity contribution in [2.75, 3.05) is 19.8 Å². The summed E-state index contributed by atoms with van der Waals surface area (Å²) >= 11 is 0. The maximum Gasteiger partial charge on any atom is 0.318 e. The van der Waals surface area contributed by atoms with Gasteiger partial charge in [-0.15, -0.1) is 0 Å². The summed E-state index contributed by atoms with van der Waals surface area (Å²) in [7, 11) is 0. The van der Waals surface area contributed by atoms with Crippen molar-refractivity contribution >= 4 is 35.3 Å². The van der Waals surface area contributed by atoms with Gasteiger partial charge in [-0.25, -0.2) is 0 Å². The Morgan fingerprint density at radius 3 is 1.18 bits per heavy atom. The second-order valence-corrected chi connectivity index (χ2v) is 11.9. The minimum Gasteiger partial charge on any atom is -0.426 e. The molecule has 3 heterocycles. The van der Waals surface area contributed by atoms with Crippen molar-refractivity contribution in [2.45, 2.75) is 63.3 Å². The predicted octanol–water partition coefficient (Wildman–Crippen LogP) is 3.05. The quantitative estimate of drug-likeness (QED) is 0.0841. The number of ketones is 3. The highest BCUT2D eigenvalue weighted by molar-refractivity contribution is 6.01. The van der Waals surface area contributed by atoms with Crippen molar-refractivity contribution in [3.05, 3.63) is 89.0 Å². The molecule has 3 saturated heterocycles. The third kappa shape index (κ3) is 9.75. The van der Waals surface area contributed by atoms with Gasteiger partial charge in [-0.05, 0) is 60.1 Å². The minimum absolute atomic E-state index is 0.285. The first-order chi connectivity index (χ1) is 23.7. The van der Waals surface area contributed by atoms with Crippen LogP contribution in [0.25, 0.3) is 0 Å². The molecule has 3 unspecified atom stereocenters. The summed E-state index contributed by atoms with van der Waals surface area (Å²) in [4.78, 5) is 74.2. The summed E-state index contributed by atoms with van der Waals surface area (Å²) in [5.41, 5.74) is 2.78. The molecule has 0 spiro atoms. The predicted molar refractivity (Wildman–Crippen MR) is 169 cm³/mol. The van der Waals surface area contributed by atoms with Gasteiger partial charge in [0, 0.05) is 0 Å². The molecule has 3 aromatic rings. The third-order valence-electron chi connectivity index (χ3n) is 8.15. The summed E-state index contributed by atoms with van der Waals surface area (Å²) in [6.45, 7) is 0.915. The Hall–Kier alpha value is -5.04. The number of hydrogen-bond acceptors (Lipinski definition) is 12. The van der Waals surface area contributed by atoms with Crippen LogP contribution in [-0.2, 0) is 68.7 Å². The Morgan fingerprint density at radius 1 is 0.469 bits per heavy atom. The van der Waals surface area contributed by atoms with Crippen molar-refractivity contribution in [2.24, 2.45) is 0 Å². The van der Waals surface area contributed by atoms with Gasteiger partial charge in [-0.2, -0.15) is 0 Å². The van der Waals surface area contributed by atoms with Gasteiger partial charge in [0.1, 0.15) is 54.8 Å². The molecule has 0 amide bonds. The molecule has 0 aromatic heterocycles. The number of ether oxygens (including phenoxy) is 6. The molecule has 12 nitrogen and oxygen atoms in total. The number of benzene rings is 3. The highest BCUT2D eigenvalue weighted by Gasteiger charge is 2.34. The number of rotatable bonds is 18. The average Bonchev–Trinajstić information content (AvgIpc) is 3.93. The molecule has 0 N–H and O–H groups in total. The van der Waals surface area contributed by atoms with E-state index in [1.165, 1.54) is 0 Å². The molecule has 6 rings (SSSR count). The Labute approximate surface area is 281 Å². The second kappa shape index (κ2) is 15.5. The molecule has 3 aromatic carbocycles. The van der Waals surface area contributed by atoms with Gasteiger partial charge in [0.05, 0.1) is 19.8 Å². The molecule has 254 valence electrons. The minimum atomic E-state index is -0.716. The molecule has 3 aliphatic rings. The molecule has 3 aliphatic heterocycles. The summed E-state index contributed by atoms with van der Waals surface area (Å²) in [6, 6.07) is 19.4. The van der Waals surface area contributed by atoms with E-state index in [0.717, 1.165) is 0 Å². The van der Waals surface area contributed by atoms with Gasteiger partial charge in [0.25, 0.3) is 0 Å². The van der Waals surface area contributed by atoms with Crippen LogP contribution in [0.15, 0.2) is 66.7 Å². The molecule has 3 atom stereocenters. The number of esters is 3. The van der Waals surface area contributed by atoms with E-state index in [4.69, 9.17) is 28.4 Å². The van der Waals surface area contributed by atoms with Crippen molar-refractivity contribution in [1.82, 2.24) is 0 Å². The van der Waals surface area contributed by atoms with Crippen molar-refractivity contribution in [1.29, 1.82) is 0 Å². The fraction of sp³-hybridized carbons (Fsp3) is 0.351. The molecule has 49 heavy (non-hydrogen) atoms. The van der Waals surface area contributed by atoms with Crippen molar-refractivity contribution in [3.63, 3.8) is 0 Å². The summed E-state index contributed by atoms with van der Waals surface area (Å²) < 4.78 is 31.8. The molecule has 0 bridgehead atoms. The van der Waals surface area contributed by atoms with Crippen LogP contribution in [0.3, 0.4) is 0 Å². The van der Waals surface area contributed by atoms with Crippen LogP contribution in [0.5, 0.6) is 17.2 Å². The number of epoxide rings is 3. The Kier molecular flexibility index (Phi) is 10.7. The van der Waals surface area contributed by atoms with E-state index in [9.17, 15) is 28.8 Å². The van der Waals surface area contributed by atoms with E-state index in [1.807, 2.05) is 30.3 Å². The largest absolute Gasteiger partial charge is 0.426 e. The smallest absolute Gasteiger partial charge is 0.318 e. The number of carbonyl (C=O) groups excluding carboxylic acids is 6. The zero-order valence-corrected chi connectivity index (χ0v) is 26.6. The highest BCUT2D eigenvalue weighted by Crippen LogP contribution is 2.31. The SMILES string of the molecule is O=C(CC(=O)C1CO1)Oc1ccccc1CCc1cccc(CCc2ccccc2OC(=O)CC(=O)C2CO2)c1OC(=O)CC(=O)C1CO1. The van der Waals surface area contributed by atoms with E-state index in [2.05, 4.69) is 0 Å². The van der Waals surface area contributed by atoms with Crippen LogP contribution in [-0.4, -0.2) is 73.4 Å². The topological polar surface area (TPSA) is 168 Å².